The predicted octanol–water partition coefficient (Wildman–Crippen LogP) is 4.07. The van der Waals surface area contributed by atoms with Crippen LogP contribution in [-0.4, -0.2) is 47.7 Å². The first-order valence-corrected chi connectivity index (χ1v) is 12.4. The molecule has 0 aliphatic carbocycles. The van der Waals surface area contributed by atoms with Gasteiger partial charge < -0.3 is 9.47 Å². The van der Waals surface area contributed by atoms with Crippen LogP contribution in [0.25, 0.3) is 6.08 Å². The van der Waals surface area contributed by atoms with Gasteiger partial charge in [-0.25, -0.2) is 4.39 Å². The summed E-state index contributed by atoms with van der Waals surface area (Å²) in [6, 6.07) is 10.4. The van der Waals surface area contributed by atoms with E-state index >= 15 is 0 Å². The second-order valence-corrected chi connectivity index (χ2v) is 9.44. The van der Waals surface area contributed by atoms with Gasteiger partial charge in [-0.15, -0.1) is 0 Å². The number of hydrogen-bond acceptors (Lipinski definition) is 7. The van der Waals surface area contributed by atoms with E-state index in [1.54, 1.807) is 37.3 Å². The van der Waals surface area contributed by atoms with Gasteiger partial charge in [0.1, 0.15) is 10.1 Å². The van der Waals surface area contributed by atoms with E-state index < -0.39 is 11.7 Å². The quantitative estimate of drug-likeness (QED) is 0.207. The van der Waals surface area contributed by atoms with Gasteiger partial charge in [0.05, 0.1) is 19.1 Å². The number of hydrogen-bond donors (Lipinski definition) is 2. The van der Waals surface area contributed by atoms with E-state index in [0.717, 1.165) is 5.56 Å². The first-order valence-electron chi connectivity index (χ1n) is 11.1. The van der Waals surface area contributed by atoms with Crippen molar-refractivity contribution in [1.29, 1.82) is 0 Å². The Labute approximate surface area is 218 Å². The number of carbonyl (C=O) groups is 3. The number of nitrogens with zero attached hydrogens (tertiary/aromatic N) is 1. The summed E-state index contributed by atoms with van der Waals surface area (Å²) in [7, 11) is 3.11. The number of unbranched alkanes of at least 4 members (excludes halogenated alkanes) is 2. The lowest BCUT2D eigenvalue weighted by molar-refractivity contribution is -0.123. The molecule has 2 N–H and O–H groups in total. The van der Waals surface area contributed by atoms with E-state index in [1.165, 1.54) is 36.0 Å². The normalized spacial score (nSPS) is 14.2. The van der Waals surface area contributed by atoms with E-state index in [-0.39, 0.29) is 23.8 Å². The highest BCUT2D eigenvalue weighted by Crippen LogP contribution is 2.34. The molecule has 0 saturated carbocycles. The number of rotatable bonds is 10. The van der Waals surface area contributed by atoms with E-state index in [1.807, 2.05) is 6.07 Å². The van der Waals surface area contributed by atoms with Crippen LogP contribution in [-0.2, 0) is 9.59 Å². The Bertz CT molecular complexity index is 1170. The second-order valence-electron chi connectivity index (χ2n) is 7.77. The van der Waals surface area contributed by atoms with Gasteiger partial charge in [0.25, 0.3) is 11.8 Å². The van der Waals surface area contributed by atoms with Crippen LogP contribution in [0.5, 0.6) is 11.5 Å². The summed E-state index contributed by atoms with van der Waals surface area (Å²) in [4.78, 5) is 38.8. The maximum Gasteiger partial charge on any atom is 0.269 e. The third kappa shape index (κ3) is 7.28. The minimum Gasteiger partial charge on any atom is -0.493 e. The van der Waals surface area contributed by atoms with Crippen LogP contribution in [0.2, 0.25) is 0 Å². The van der Waals surface area contributed by atoms with E-state index in [0.29, 0.717) is 46.5 Å². The van der Waals surface area contributed by atoms with E-state index in [2.05, 4.69) is 10.9 Å². The lowest BCUT2D eigenvalue weighted by atomic mass is 10.1. The van der Waals surface area contributed by atoms with Gasteiger partial charge >= 0.3 is 0 Å². The molecule has 1 aliphatic heterocycles. The predicted molar refractivity (Wildman–Crippen MR) is 140 cm³/mol. The summed E-state index contributed by atoms with van der Waals surface area (Å²) >= 11 is 6.63. The van der Waals surface area contributed by atoms with Crippen molar-refractivity contribution in [3.8, 4) is 11.5 Å². The number of thiocarbonyl (C=S) groups is 1. The summed E-state index contributed by atoms with van der Waals surface area (Å²) in [5.41, 5.74) is 5.67. The maximum atomic E-state index is 12.9. The molecule has 8 nitrogen and oxygen atoms in total. The van der Waals surface area contributed by atoms with Crippen molar-refractivity contribution >= 4 is 52.1 Å². The molecule has 3 rings (SSSR count). The van der Waals surface area contributed by atoms with Crippen LogP contribution in [0.3, 0.4) is 0 Å². The van der Waals surface area contributed by atoms with Crippen LogP contribution in [0, 0.1) is 5.82 Å². The van der Waals surface area contributed by atoms with Gasteiger partial charge in [-0.1, -0.05) is 36.5 Å². The molecule has 2 aromatic rings. The highest BCUT2D eigenvalue weighted by molar-refractivity contribution is 8.26. The van der Waals surface area contributed by atoms with Crippen LogP contribution >= 0.6 is 24.0 Å². The molecule has 1 heterocycles. The fourth-order valence-electron chi connectivity index (χ4n) is 3.38. The van der Waals surface area contributed by atoms with E-state index in [4.69, 9.17) is 21.7 Å². The first-order chi connectivity index (χ1) is 17.3. The summed E-state index contributed by atoms with van der Waals surface area (Å²) < 4.78 is 24.0. The number of carbonyl (C=O) groups excluding carboxylic acids is 3. The molecule has 1 aliphatic rings. The molecule has 1 saturated heterocycles. The highest BCUT2D eigenvalue weighted by Gasteiger charge is 2.31. The van der Waals surface area contributed by atoms with Crippen LogP contribution in [0.15, 0.2) is 47.4 Å². The van der Waals surface area contributed by atoms with Crippen molar-refractivity contribution < 1.29 is 28.2 Å². The number of nitrogens with one attached hydrogen (secondary N) is 2. The van der Waals surface area contributed by atoms with Gasteiger partial charge in [0, 0.05) is 18.5 Å². The highest BCUT2D eigenvalue weighted by atomic mass is 32.2. The summed E-state index contributed by atoms with van der Waals surface area (Å²) in [6.07, 6.45) is 3.93. The average Bonchev–Trinajstić information content (AvgIpc) is 3.14. The zero-order valence-corrected chi connectivity index (χ0v) is 21.5. The molecular weight excluding hydrogens is 505 g/mol. The Morgan fingerprint density at radius 3 is 2.44 bits per heavy atom. The SMILES string of the molecule is COc1ccc(C=C2SC(=S)N(CCCCCC(=O)NNC(=O)c3ccc(F)cc3)C2=O)cc1OC. The number of methoxy groups -OCH3 is 2. The molecular formula is C25H26FN3O5S2. The molecule has 0 radical (unpaired) electrons. The smallest absolute Gasteiger partial charge is 0.269 e. The van der Waals surface area contributed by atoms with Crippen molar-refractivity contribution in [3.05, 3.63) is 64.3 Å². The molecule has 2 aromatic carbocycles. The molecule has 0 unspecified atom stereocenters. The largest absolute Gasteiger partial charge is 0.493 e. The summed E-state index contributed by atoms with van der Waals surface area (Å²) in [5.74, 6) is -0.295. The molecule has 190 valence electrons. The Hall–Kier alpha value is -3.44. The van der Waals surface area contributed by atoms with Crippen molar-refractivity contribution in [2.45, 2.75) is 25.7 Å². The first kappa shape index (κ1) is 27.2. The lowest BCUT2D eigenvalue weighted by Crippen LogP contribution is -2.41. The second kappa shape index (κ2) is 13.0. The number of thioether (sulfide) groups is 1. The third-order valence-corrected chi connectivity index (χ3v) is 6.66. The van der Waals surface area contributed by atoms with Crippen molar-refractivity contribution in [2.75, 3.05) is 20.8 Å². The zero-order valence-electron chi connectivity index (χ0n) is 19.8. The molecule has 3 amide bonds. The monoisotopic (exact) mass is 531 g/mol. The Kier molecular flexibility index (Phi) is 9.83. The standard InChI is InChI=1S/C25H26FN3O5S2/c1-33-19-12-7-16(14-20(19)34-2)15-21-24(32)29(25(35)36-21)13-5-3-4-6-22(30)27-28-23(31)17-8-10-18(26)11-9-17/h7-12,14-15H,3-6,13H2,1-2H3,(H,27,30)(H,28,31). The number of benzene rings is 2. The molecule has 36 heavy (non-hydrogen) atoms. The minimum atomic E-state index is -0.529. The minimum absolute atomic E-state index is 0.152. The Balaban J connectivity index is 1.40. The van der Waals surface area contributed by atoms with Crippen LogP contribution < -0.4 is 20.3 Å². The molecule has 11 heteroatoms. The van der Waals surface area contributed by atoms with Crippen LogP contribution in [0.1, 0.15) is 41.6 Å². The number of hydrazine groups is 1. The average molecular weight is 532 g/mol. The van der Waals surface area contributed by atoms with Crippen molar-refractivity contribution in [1.82, 2.24) is 15.8 Å². The van der Waals surface area contributed by atoms with Gasteiger partial charge in [-0.2, -0.15) is 0 Å². The van der Waals surface area contributed by atoms with Gasteiger partial charge in [-0.3, -0.25) is 30.1 Å². The van der Waals surface area contributed by atoms with Crippen molar-refractivity contribution in [3.63, 3.8) is 0 Å². The summed E-state index contributed by atoms with van der Waals surface area (Å²) in [5, 5.41) is 0. The fourth-order valence-corrected chi connectivity index (χ4v) is 4.69. The zero-order chi connectivity index (χ0) is 26.1. The fraction of sp³-hybridized carbons (Fsp3) is 0.280. The lowest BCUT2D eigenvalue weighted by Gasteiger charge is -2.14. The molecule has 0 bridgehead atoms. The number of amides is 3. The molecule has 0 spiro atoms. The number of ether oxygens (including phenoxy) is 2. The summed E-state index contributed by atoms with van der Waals surface area (Å²) in [6.45, 7) is 0.455. The third-order valence-electron chi connectivity index (χ3n) is 5.29. The number of halogens is 1. The Morgan fingerprint density at radius 1 is 1.03 bits per heavy atom. The molecule has 0 atom stereocenters. The van der Waals surface area contributed by atoms with Crippen LogP contribution in [0.4, 0.5) is 4.39 Å². The van der Waals surface area contributed by atoms with Gasteiger partial charge in [-0.05, 0) is 60.9 Å². The maximum absolute atomic E-state index is 12.9. The Morgan fingerprint density at radius 2 is 1.75 bits per heavy atom. The van der Waals surface area contributed by atoms with Crippen molar-refractivity contribution in [2.24, 2.45) is 0 Å². The molecule has 0 aromatic heterocycles. The molecule has 1 fully saturated rings. The van der Waals surface area contributed by atoms with E-state index in [9.17, 15) is 18.8 Å². The van der Waals surface area contributed by atoms with Gasteiger partial charge in [0.2, 0.25) is 5.91 Å². The topological polar surface area (TPSA) is 97.0 Å². The van der Waals surface area contributed by atoms with Gasteiger partial charge in [0.15, 0.2) is 11.5 Å².